The molecule has 18 heavy (non-hydrogen) atoms. The fourth-order valence-corrected chi connectivity index (χ4v) is 2.80. The zero-order valence-electron chi connectivity index (χ0n) is 10.6. The molecular weight excluding hydrogens is 288 g/mol. The first-order valence-electron chi connectivity index (χ1n) is 6.50. The summed E-state index contributed by atoms with van der Waals surface area (Å²) in [6.45, 7) is 3.44. The lowest BCUT2D eigenvalue weighted by molar-refractivity contribution is 0.409. The van der Waals surface area contributed by atoms with Gasteiger partial charge in [-0.15, -0.1) is 0 Å². The lowest BCUT2D eigenvalue weighted by Gasteiger charge is -2.18. The highest BCUT2D eigenvalue weighted by atomic mass is 79.9. The number of aryl methyl sites for hydroxylation is 1. The van der Waals surface area contributed by atoms with Crippen molar-refractivity contribution >= 4 is 15.9 Å². The smallest absolute Gasteiger partial charge is 0.109 e. The Morgan fingerprint density at radius 1 is 1.33 bits per heavy atom. The van der Waals surface area contributed by atoms with E-state index in [1.807, 2.05) is 0 Å². The summed E-state index contributed by atoms with van der Waals surface area (Å²) in [6.07, 6.45) is 5.56. The van der Waals surface area contributed by atoms with Crippen LogP contribution in [0.25, 0.3) is 0 Å². The van der Waals surface area contributed by atoms with Gasteiger partial charge in [-0.3, -0.25) is 0 Å². The number of fused-ring (bicyclic) bond motifs is 1. The summed E-state index contributed by atoms with van der Waals surface area (Å²) in [5.41, 5.74) is 2.52. The van der Waals surface area contributed by atoms with Gasteiger partial charge in [-0.25, -0.2) is 4.98 Å². The Labute approximate surface area is 116 Å². The van der Waals surface area contributed by atoms with Crippen LogP contribution >= 0.6 is 15.9 Å². The molecule has 0 fully saturated rings. The fourth-order valence-electron chi connectivity index (χ4n) is 2.54. The molecule has 0 saturated carbocycles. The molecule has 1 aliphatic rings. The maximum Gasteiger partial charge on any atom is 0.109 e. The number of aromatic nitrogens is 2. The predicted octanol–water partition coefficient (Wildman–Crippen LogP) is 3.82. The van der Waals surface area contributed by atoms with Crippen molar-refractivity contribution in [2.24, 2.45) is 5.92 Å². The van der Waals surface area contributed by atoms with E-state index in [0.717, 1.165) is 29.8 Å². The number of imidazole rings is 1. The predicted molar refractivity (Wildman–Crippen MR) is 76.7 cm³/mol. The van der Waals surface area contributed by atoms with Crippen LogP contribution in [0, 0.1) is 5.92 Å². The number of benzene rings is 1. The first-order chi connectivity index (χ1) is 8.70. The highest BCUT2D eigenvalue weighted by molar-refractivity contribution is 9.10. The Bertz CT molecular complexity index is 542. The third-order valence-corrected chi connectivity index (χ3v) is 4.13. The van der Waals surface area contributed by atoms with E-state index >= 15 is 0 Å². The van der Waals surface area contributed by atoms with Gasteiger partial charge in [0.25, 0.3) is 0 Å². The lowest BCUT2D eigenvalue weighted by Crippen LogP contribution is -2.16. The summed E-state index contributed by atoms with van der Waals surface area (Å²) in [5, 5.41) is 0. The molecule has 1 aromatic heterocycles. The van der Waals surface area contributed by atoms with Crippen LogP contribution in [-0.4, -0.2) is 9.55 Å². The Kier molecular flexibility index (Phi) is 3.25. The first kappa shape index (κ1) is 12.0. The van der Waals surface area contributed by atoms with Crippen molar-refractivity contribution in [1.82, 2.24) is 9.55 Å². The standard InChI is InChI=1S/C15H17BrN2/c1-11-6-7-18-10-14(17-15(18)8-11)9-12-2-4-13(16)5-3-12/h2-5,10-11H,6-9H2,1H3. The van der Waals surface area contributed by atoms with Crippen LogP contribution in [-0.2, 0) is 19.4 Å². The molecule has 0 amide bonds. The van der Waals surface area contributed by atoms with Crippen LogP contribution in [0.5, 0.6) is 0 Å². The van der Waals surface area contributed by atoms with Crippen molar-refractivity contribution in [2.75, 3.05) is 0 Å². The average Bonchev–Trinajstić information content (AvgIpc) is 2.73. The molecule has 0 radical (unpaired) electrons. The van der Waals surface area contributed by atoms with Crippen molar-refractivity contribution in [3.8, 4) is 0 Å². The van der Waals surface area contributed by atoms with Gasteiger partial charge in [-0.05, 0) is 30.0 Å². The van der Waals surface area contributed by atoms with Crippen LogP contribution in [0.15, 0.2) is 34.9 Å². The van der Waals surface area contributed by atoms with E-state index in [1.165, 1.54) is 23.5 Å². The molecule has 0 N–H and O–H groups in total. The van der Waals surface area contributed by atoms with E-state index in [1.54, 1.807) is 0 Å². The fraction of sp³-hybridized carbons (Fsp3) is 0.400. The second kappa shape index (κ2) is 4.88. The van der Waals surface area contributed by atoms with Gasteiger partial charge in [-0.2, -0.15) is 0 Å². The topological polar surface area (TPSA) is 17.8 Å². The van der Waals surface area contributed by atoms with Gasteiger partial charge in [-0.1, -0.05) is 35.0 Å². The summed E-state index contributed by atoms with van der Waals surface area (Å²) < 4.78 is 3.46. The molecule has 0 saturated heterocycles. The van der Waals surface area contributed by atoms with E-state index in [9.17, 15) is 0 Å². The maximum atomic E-state index is 4.77. The zero-order chi connectivity index (χ0) is 12.5. The molecule has 94 valence electrons. The Morgan fingerprint density at radius 3 is 2.89 bits per heavy atom. The molecule has 2 heterocycles. The molecule has 2 aromatic rings. The number of halogens is 1. The van der Waals surface area contributed by atoms with Crippen LogP contribution < -0.4 is 0 Å². The second-order valence-corrected chi connectivity index (χ2v) is 6.16. The summed E-state index contributed by atoms with van der Waals surface area (Å²) >= 11 is 3.46. The van der Waals surface area contributed by atoms with E-state index in [0.29, 0.717) is 0 Å². The molecule has 1 aromatic carbocycles. The second-order valence-electron chi connectivity index (χ2n) is 5.24. The third-order valence-electron chi connectivity index (χ3n) is 3.60. The maximum absolute atomic E-state index is 4.77. The van der Waals surface area contributed by atoms with Gasteiger partial charge in [0.05, 0.1) is 5.69 Å². The minimum atomic E-state index is 0.778. The molecule has 3 rings (SSSR count). The highest BCUT2D eigenvalue weighted by Gasteiger charge is 2.17. The minimum Gasteiger partial charge on any atom is -0.335 e. The van der Waals surface area contributed by atoms with Gasteiger partial charge in [0.15, 0.2) is 0 Å². The van der Waals surface area contributed by atoms with Gasteiger partial charge in [0.2, 0.25) is 0 Å². The molecule has 1 aliphatic heterocycles. The van der Waals surface area contributed by atoms with Crippen LogP contribution in [0.4, 0.5) is 0 Å². The largest absolute Gasteiger partial charge is 0.335 e. The van der Waals surface area contributed by atoms with Crippen LogP contribution in [0.2, 0.25) is 0 Å². The number of hydrogen-bond donors (Lipinski definition) is 0. The number of hydrogen-bond acceptors (Lipinski definition) is 1. The minimum absolute atomic E-state index is 0.778. The van der Waals surface area contributed by atoms with Gasteiger partial charge in [0, 0.05) is 30.1 Å². The number of nitrogens with zero attached hydrogens (tertiary/aromatic N) is 2. The molecule has 1 unspecified atom stereocenters. The molecular formula is C15H17BrN2. The SMILES string of the molecule is CC1CCn2cc(Cc3ccc(Br)cc3)nc2C1. The summed E-state index contributed by atoms with van der Waals surface area (Å²) in [5.74, 6) is 2.04. The van der Waals surface area contributed by atoms with Crippen molar-refractivity contribution in [2.45, 2.75) is 32.7 Å². The third kappa shape index (κ3) is 2.51. The van der Waals surface area contributed by atoms with Crippen molar-refractivity contribution < 1.29 is 0 Å². The lowest BCUT2D eigenvalue weighted by atomic mass is 10.0. The van der Waals surface area contributed by atoms with E-state index in [2.05, 4.69) is 57.9 Å². The van der Waals surface area contributed by atoms with Gasteiger partial charge >= 0.3 is 0 Å². The molecule has 0 bridgehead atoms. The van der Waals surface area contributed by atoms with Crippen LogP contribution in [0.1, 0.15) is 30.4 Å². The van der Waals surface area contributed by atoms with E-state index in [4.69, 9.17) is 4.98 Å². The monoisotopic (exact) mass is 304 g/mol. The summed E-state index contributed by atoms with van der Waals surface area (Å²) in [6, 6.07) is 8.50. The zero-order valence-corrected chi connectivity index (χ0v) is 12.2. The van der Waals surface area contributed by atoms with Crippen molar-refractivity contribution in [1.29, 1.82) is 0 Å². The molecule has 2 nitrogen and oxygen atoms in total. The average molecular weight is 305 g/mol. The molecule has 0 aliphatic carbocycles. The van der Waals surface area contributed by atoms with Gasteiger partial charge < -0.3 is 4.57 Å². The quantitative estimate of drug-likeness (QED) is 0.825. The van der Waals surface area contributed by atoms with Crippen molar-refractivity contribution in [3.05, 3.63) is 52.0 Å². The van der Waals surface area contributed by atoms with E-state index in [-0.39, 0.29) is 0 Å². The van der Waals surface area contributed by atoms with Crippen LogP contribution in [0.3, 0.4) is 0 Å². The highest BCUT2D eigenvalue weighted by Crippen LogP contribution is 2.21. The Hall–Kier alpha value is -1.09. The van der Waals surface area contributed by atoms with Gasteiger partial charge in [0.1, 0.15) is 5.82 Å². The molecule has 1 atom stereocenters. The molecule has 0 spiro atoms. The Balaban J connectivity index is 1.79. The first-order valence-corrected chi connectivity index (χ1v) is 7.29. The van der Waals surface area contributed by atoms with Crippen molar-refractivity contribution in [3.63, 3.8) is 0 Å². The summed E-state index contributed by atoms with van der Waals surface area (Å²) in [4.78, 5) is 4.77. The Morgan fingerprint density at radius 2 is 2.11 bits per heavy atom. The van der Waals surface area contributed by atoms with E-state index < -0.39 is 0 Å². The summed E-state index contributed by atoms with van der Waals surface area (Å²) in [7, 11) is 0. The normalized spacial score (nSPS) is 18.7. The number of rotatable bonds is 2. The molecule has 3 heteroatoms.